The van der Waals surface area contributed by atoms with E-state index in [9.17, 15) is 13.2 Å². The van der Waals surface area contributed by atoms with Gasteiger partial charge < -0.3 is 0 Å². The summed E-state index contributed by atoms with van der Waals surface area (Å²) in [5, 5.41) is 1.68. The maximum absolute atomic E-state index is 13.3. The molecule has 0 fully saturated rings. The summed E-state index contributed by atoms with van der Waals surface area (Å²) < 4.78 is 28.5. The van der Waals surface area contributed by atoms with E-state index in [-0.39, 0.29) is 10.7 Å². The van der Waals surface area contributed by atoms with Gasteiger partial charge in [0.2, 0.25) is 0 Å². The zero-order chi connectivity index (χ0) is 20.2. The number of hydrogen-bond acceptors (Lipinski definition) is 3. The molecule has 0 aliphatic heterocycles. The minimum atomic E-state index is -3.82. The van der Waals surface area contributed by atoms with Crippen molar-refractivity contribution in [3.63, 3.8) is 0 Å². The average molecular weight is 399 g/mol. The fourth-order valence-corrected chi connectivity index (χ4v) is 4.97. The summed E-state index contributed by atoms with van der Waals surface area (Å²) in [4.78, 5) is 13.5. The molecule has 0 radical (unpaired) electrons. The molecule has 1 aliphatic rings. The lowest BCUT2D eigenvalue weighted by molar-refractivity contribution is 0.104. The van der Waals surface area contributed by atoms with Crippen molar-refractivity contribution in [1.82, 2.24) is 0 Å². The molecule has 0 saturated heterocycles. The molecular weight excluding hydrogens is 382 g/mol. The van der Waals surface area contributed by atoms with Crippen molar-refractivity contribution in [2.75, 3.05) is 4.72 Å². The van der Waals surface area contributed by atoms with E-state index in [1.54, 1.807) is 36.4 Å². The highest BCUT2D eigenvalue weighted by atomic mass is 32.2. The number of sulfonamides is 1. The monoisotopic (exact) mass is 399 g/mol. The van der Waals surface area contributed by atoms with Crippen molar-refractivity contribution in [3.05, 3.63) is 95.6 Å². The number of rotatable bonds is 3. The van der Waals surface area contributed by atoms with Gasteiger partial charge in [0, 0.05) is 10.9 Å². The SMILES string of the molecule is Cc1ccc(S(=O)(=O)Nc2ccc3cccc4c3c2C(=O)c2ccccc2-4)cc1. The summed E-state index contributed by atoms with van der Waals surface area (Å²) in [6.45, 7) is 1.90. The molecule has 1 N–H and O–H groups in total. The van der Waals surface area contributed by atoms with E-state index in [0.29, 0.717) is 16.8 Å². The quantitative estimate of drug-likeness (QED) is 0.456. The Bertz CT molecular complexity index is 1400. The summed E-state index contributed by atoms with van der Waals surface area (Å²) in [5.74, 6) is -0.175. The Morgan fingerprint density at radius 1 is 0.724 bits per heavy atom. The van der Waals surface area contributed by atoms with Crippen molar-refractivity contribution in [1.29, 1.82) is 0 Å². The fourth-order valence-electron chi connectivity index (χ4n) is 3.90. The van der Waals surface area contributed by atoms with Crippen LogP contribution in [0.15, 0.2) is 83.8 Å². The second-order valence-corrected chi connectivity index (χ2v) is 8.87. The van der Waals surface area contributed by atoms with Crippen LogP contribution >= 0.6 is 0 Å². The predicted octanol–water partition coefficient (Wildman–Crippen LogP) is 5.16. The lowest BCUT2D eigenvalue weighted by Crippen LogP contribution is -2.18. The molecule has 4 aromatic rings. The van der Waals surface area contributed by atoms with Crippen LogP contribution in [0, 0.1) is 6.92 Å². The lowest BCUT2D eigenvalue weighted by atomic mass is 9.82. The number of nitrogens with one attached hydrogen (secondary N) is 1. The van der Waals surface area contributed by atoms with Crippen LogP contribution in [0.4, 0.5) is 5.69 Å². The van der Waals surface area contributed by atoms with Gasteiger partial charge in [-0.15, -0.1) is 0 Å². The molecule has 0 bridgehead atoms. The molecule has 0 aromatic heterocycles. The first kappa shape index (κ1) is 17.6. The Morgan fingerprint density at radius 3 is 2.17 bits per heavy atom. The number of carbonyl (C=O) groups is 1. The van der Waals surface area contributed by atoms with Gasteiger partial charge in [-0.2, -0.15) is 0 Å². The number of aryl methyl sites for hydroxylation is 1. The number of carbonyl (C=O) groups excluding carboxylic acids is 1. The molecule has 1 aliphatic carbocycles. The van der Waals surface area contributed by atoms with Crippen LogP contribution in [-0.2, 0) is 10.0 Å². The van der Waals surface area contributed by atoms with E-state index in [1.165, 1.54) is 0 Å². The van der Waals surface area contributed by atoms with Crippen molar-refractivity contribution in [3.8, 4) is 11.1 Å². The number of fused-ring (bicyclic) bond motifs is 2. The molecule has 0 heterocycles. The van der Waals surface area contributed by atoms with Crippen molar-refractivity contribution in [2.24, 2.45) is 0 Å². The largest absolute Gasteiger partial charge is 0.288 e. The summed E-state index contributed by atoms with van der Waals surface area (Å²) >= 11 is 0. The molecule has 4 aromatic carbocycles. The number of ketones is 1. The topological polar surface area (TPSA) is 63.2 Å². The maximum Gasteiger partial charge on any atom is 0.261 e. The first-order valence-electron chi connectivity index (χ1n) is 9.25. The minimum Gasteiger partial charge on any atom is -0.288 e. The normalized spacial score (nSPS) is 12.7. The first-order chi connectivity index (χ1) is 14.0. The average Bonchev–Trinajstić information content (AvgIpc) is 2.72. The van der Waals surface area contributed by atoms with E-state index in [1.807, 2.05) is 49.4 Å². The van der Waals surface area contributed by atoms with Gasteiger partial charge in [-0.3, -0.25) is 9.52 Å². The molecule has 142 valence electrons. The van der Waals surface area contributed by atoms with Crippen LogP contribution in [0.5, 0.6) is 0 Å². The molecule has 0 saturated carbocycles. The molecular formula is C24H17NO3S. The summed E-state index contributed by atoms with van der Waals surface area (Å²) in [7, 11) is -3.82. The molecule has 0 unspecified atom stereocenters. The number of hydrogen-bond donors (Lipinski definition) is 1. The third-order valence-electron chi connectivity index (χ3n) is 5.31. The standard InChI is InChI=1S/C24H17NO3S/c1-15-9-12-17(13-10-15)29(27,28)25-21-14-11-16-5-4-8-19-18-6-2-3-7-20(18)24(26)23(21)22(16)19/h2-14,25H,1H3. The van der Waals surface area contributed by atoms with Gasteiger partial charge in [0.15, 0.2) is 5.78 Å². The second kappa shape index (κ2) is 6.29. The van der Waals surface area contributed by atoms with Crippen molar-refractivity contribution < 1.29 is 13.2 Å². The summed E-state index contributed by atoms with van der Waals surface area (Å²) in [6, 6.07) is 23.4. The van der Waals surface area contributed by atoms with Gasteiger partial charge in [0.05, 0.1) is 16.1 Å². The lowest BCUT2D eigenvalue weighted by Gasteiger charge is -2.22. The predicted molar refractivity (Wildman–Crippen MR) is 115 cm³/mol. The first-order valence-corrected chi connectivity index (χ1v) is 10.7. The Kier molecular flexibility index (Phi) is 3.83. The van der Waals surface area contributed by atoms with Crippen molar-refractivity contribution in [2.45, 2.75) is 11.8 Å². The smallest absolute Gasteiger partial charge is 0.261 e. The fraction of sp³-hybridized carbons (Fsp3) is 0.0417. The maximum atomic E-state index is 13.3. The van der Waals surface area contributed by atoms with Gasteiger partial charge >= 0.3 is 0 Å². The highest BCUT2D eigenvalue weighted by Gasteiger charge is 2.28. The van der Waals surface area contributed by atoms with Gasteiger partial charge in [0.25, 0.3) is 10.0 Å². The molecule has 0 amide bonds. The van der Waals surface area contributed by atoms with E-state index in [2.05, 4.69) is 4.72 Å². The zero-order valence-electron chi connectivity index (χ0n) is 15.6. The number of anilines is 1. The van der Waals surface area contributed by atoms with Gasteiger partial charge in [-0.1, -0.05) is 66.2 Å². The molecule has 29 heavy (non-hydrogen) atoms. The number of benzene rings is 4. The van der Waals surface area contributed by atoms with Gasteiger partial charge in [0.1, 0.15) is 0 Å². The van der Waals surface area contributed by atoms with Crippen LogP contribution < -0.4 is 4.72 Å². The summed E-state index contributed by atoms with van der Waals surface area (Å²) in [5.41, 5.74) is 4.05. The van der Waals surface area contributed by atoms with Gasteiger partial charge in [-0.05, 0) is 41.6 Å². The Balaban J connectivity index is 1.73. The van der Waals surface area contributed by atoms with Gasteiger partial charge in [-0.25, -0.2) is 8.42 Å². The van der Waals surface area contributed by atoms with Crippen LogP contribution in [0.3, 0.4) is 0 Å². The molecule has 5 heteroatoms. The van der Waals surface area contributed by atoms with E-state index < -0.39 is 10.0 Å². The van der Waals surface area contributed by atoms with Crippen LogP contribution in [0.25, 0.3) is 21.9 Å². The molecule has 0 spiro atoms. The summed E-state index contributed by atoms with van der Waals surface area (Å²) in [6.07, 6.45) is 0. The third kappa shape index (κ3) is 2.74. The molecule has 0 atom stereocenters. The Morgan fingerprint density at radius 2 is 1.41 bits per heavy atom. The van der Waals surface area contributed by atoms with Crippen LogP contribution in [-0.4, -0.2) is 14.2 Å². The Hall–Kier alpha value is -3.44. The van der Waals surface area contributed by atoms with Crippen LogP contribution in [0.1, 0.15) is 21.5 Å². The Labute approximate surface area is 168 Å². The van der Waals surface area contributed by atoms with E-state index in [0.717, 1.165) is 27.5 Å². The van der Waals surface area contributed by atoms with E-state index in [4.69, 9.17) is 0 Å². The third-order valence-corrected chi connectivity index (χ3v) is 6.69. The van der Waals surface area contributed by atoms with Crippen molar-refractivity contribution >= 4 is 32.3 Å². The minimum absolute atomic E-state index is 0.160. The molecule has 4 nitrogen and oxygen atoms in total. The highest BCUT2D eigenvalue weighted by Crippen LogP contribution is 2.42. The zero-order valence-corrected chi connectivity index (χ0v) is 16.5. The highest BCUT2D eigenvalue weighted by molar-refractivity contribution is 7.92. The van der Waals surface area contributed by atoms with Crippen LogP contribution in [0.2, 0.25) is 0 Å². The second-order valence-electron chi connectivity index (χ2n) is 7.19. The molecule has 5 rings (SSSR count). The van der Waals surface area contributed by atoms with E-state index >= 15 is 0 Å².